The molecule has 29 heavy (non-hydrogen) atoms. The highest BCUT2D eigenvalue weighted by atomic mass is 16.5. The van der Waals surface area contributed by atoms with Crippen molar-refractivity contribution < 1.29 is 14.3 Å². The summed E-state index contributed by atoms with van der Waals surface area (Å²) in [5, 5.41) is 12.1. The molecule has 8 nitrogen and oxygen atoms in total. The number of ether oxygens (including phenoxy) is 2. The van der Waals surface area contributed by atoms with Crippen LogP contribution >= 0.6 is 0 Å². The van der Waals surface area contributed by atoms with Crippen LogP contribution in [0.15, 0.2) is 30.6 Å². The molecule has 1 atom stereocenters. The number of hydrogen-bond donors (Lipinski definition) is 1. The van der Waals surface area contributed by atoms with Crippen molar-refractivity contribution >= 4 is 11.7 Å². The Morgan fingerprint density at radius 3 is 2.72 bits per heavy atom. The van der Waals surface area contributed by atoms with Gasteiger partial charge in [-0.3, -0.25) is 9.48 Å². The van der Waals surface area contributed by atoms with Gasteiger partial charge in [-0.1, -0.05) is 6.07 Å². The third kappa shape index (κ3) is 3.46. The molecule has 3 aromatic rings. The van der Waals surface area contributed by atoms with E-state index in [0.29, 0.717) is 24.5 Å². The van der Waals surface area contributed by atoms with Crippen molar-refractivity contribution in [2.45, 2.75) is 39.3 Å². The molecule has 0 saturated heterocycles. The molecule has 0 radical (unpaired) electrons. The van der Waals surface area contributed by atoms with Crippen molar-refractivity contribution in [2.24, 2.45) is 0 Å². The Balaban J connectivity index is 1.71. The number of carbonyl (C=O) groups excluding carboxylic acids is 1. The Morgan fingerprint density at radius 2 is 2.03 bits per heavy atom. The van der Waals surface area contributed by atoms with E-state index in [1.807, 2.05) is 53.8 Å². The van der Waals surface area contributed by atoms with Crippen LogP contribution in [0.3, 0.4) is 0 Å². The lowest BCUT2D eigenvalue weighted by molar-refractivity contribution is -0.116. The second kappa shape index (κ2) is 7.62. The second-order valence-electron chi connectivity index (χ2n) is 7.13. The van der Waals surface area contributed by atoms with Gasteiger partial charge in [0, 0.05) is 30.6 Å². The summed E-state index contributed by atoms with van der Waals surface area (Å²) in [4.78, 5) is 12.5. The lowest BCUT2D eigenvalue weighted by Crippen LogP contribution is -2.25. The van der Waals surface area contributed by atoms with Crippen LogP contribution in [0.2, 0.25) is 0 Å². The molecule has 152 valence electrons. The number of aromatic nitrogens is 4. The van der Waals surface area contributed by atoms with E-state index in [1.165, 1.54) is 0 Å². The van der Waals surface area contributed by atoms with Gasteiger partial charge in [0.25, 0.3) is 0 Å². The third-order valence-corrected chi connectivity index (χ3v) is 5.33. The molecule has 1 aliphatic rings. The standard InChI is InChI=1S/C21H25N5O3/c1-5-25-12-15(10-22-25)16-9-19(27)23-21-20(16)13(2)24-26(21)11-14-6-7-17(28-3)18(8-14)29-4/h6-8,10,12,16H,5,9,11H2,1-4H3,(H,23,27). The summed E-state index contributed by atoms with van der Waals surface area (Å²) >= 11 is 0. The van der Waals surface area contributed by atoms with Crippen LogP contribution in [0.5, 0.6) is 11.5 Å². The second-order valence-corrected chi connectivity index (χ2v) is 7.13. The van der Waals surface area contributed by atoms with Crippen LogP contribution < -0.4 is 14.8 Å². The summed E-state index contributed by atoms with van der Waals surface area (Å²) in [7, 11) is 3.23. The number of anilines is 1. The zero-order chi connectivity index (χ0) is 20.5. The first-order chi connectivity index (χ1) is 14.0. The lowest BCUT2D eigenvalue weighted by atomic mass is 9.87. The summed E-state index contributed by atoms with van der Waals surface area (Å²) < 4.78 is 14.4. The number of carbonyl (C=O) groups is 1. The van der Waals surface area contributed by atoms with Crippen LogP contribution in [0, 0.1) is 6.92 Å². The fraction of sp³-hybridized carbons (Fsp3) is 0.381. The van der Waals surface area contributed by atoms with Crippen molar-refractivity contribution in [3.63, 3.8) is 0 Å². The van der Waals surface area contributed by atoms with Crippen molar-refractivity contribution in [3.8, 4) is 11.5 Å². The highest BCUT2D eigenvalue weighted by Gasteiger charge is 2.33. The molecule has 1 aliphatic heterocycles. The van der Waals surface area contributed by atoms with E-state index >= 15 is 0 Å². The van der Waals surface area contributed by atoms with E-state index < -0.39 is 0 Å². The van der Waals surface area contributed by atoms with Gasteiger partial charge in [-0.25, -0.2) is 4.68 Å². The molecule has 3 heterocycles. The fourth-order valence-electron chi connectivity index (χ4n) is 3.90. The topological polar surface area (TPSA) is 83.2 Å². The molecule has 1 N–H and O–H groups in total. The quantitative estimate of drug-likeness (QED) is 0.694. The molecular formula is C21H25N5O3. The van der Waals surface area contributed by atoms with Gasteiger partial charge in [0.2, 0.25) is 5.91 Å². The maximum absolute atomic E-state index is 12.5. The average molecular weight is 395 g/mol. The Hall–Kier alpha value is -3.29. The minimum atomic E-state index is -0.0433. The monoisotopic (exact) mass is 395 g/mol. The number of nitrogens with one attached hydrogen (secondary N) is 1. The fourth-order valence-corrected chi connectivity index (χ4v) is 3.90. The summed E-state index contributed by atoms with van der Waals surface area (Å²) in [5.41, 5.74) is 4.01. The number of amides is 1. The van der Waals surface area contributed by atoms with Gasteiger partial charge in [-0.05, 0) is 37.1 Å². The maximum Gasteiger partial charge on any atom is 0.226 e. The van der Waals surface area contributed by atoms with Crippen LogP contribution in [0.4, 0.5) is 5.82 Å². The van der Waals surface area contributed by atoms with Gasteiger partial charge in [0.15, 0.2) is 11.5 Å². The van der Waals surface area contributed by atoms with E-state index in [1.54, 1.807) is 14.2 Å². The first kappa shape index (κ1) is 19.0. The van der Waals surface area contributed by atoms with E-state index in [4.69, 9.17) is 14.6 Å². The molecule has 0 saturated carbocycles. The van der Waals surface area contributed by atoms with Crippen molar-refractivity contribution in [2.75, 3.05) is 19.5 Å². The van der Waals surface area contributed by atoms with Crippen LogP contribution in [0.1, 0.15) is 41.6 Å². The highest BCUT2D eigenvalue weighted by molar-refractivity contribution is 5.94. The molecule has 1 amide bonds. The molecule has 1 unspecified atom stereocenters. The van der Waals surface area contributed by atoms with Gasteiger partial charge in [0.05, 0.1) is 32.7 Å². The van der Waals surface area contributed by atoms with Crippen molar-refractivity contribution in [1.82, 2.24) is 19.6 Å². The van der Waals surface area contributed by atoms with Gasteiger partial charge < -0.3 is 14.8 Å². The summed E-state index contributed by atoms with van der Waals surface area (Å²) in [6.45, 7) is 5.34. The first-order valence-corrected chi connectivity index (χ1v) is 9.64. The number of benzene rings is 1. The number of fused-ring (bicyclic) bond motifs is 1. The van der Waals surface area contributed by atoms with Crippen LogP contribution in [-0.2, 0) is 17.9 Å². The molecule has 0 spiro atoms. The minimum Gasteiger partial charge on any atom is -0.493 e. The summed E-state index contributed by atoms with van der Waals surface area (Å²) in [6.07, 6.45) is 4.26. The normalized spacial score (nSPS) is 15.7. The zero-order valence-electron chi connectivity index (χ0n) is 17.1. The minimum absolute atomic E-state index is 0.0137. The first-order valence-electron chi connectivity index (χ1n) is 9.64. The lowest BCUT2D eigenvalue weighted by Gasteiger charge is -2.23. The molecule has 0 aliphatic carbocycles. The largest absolute Gasteiger partial charge is 0.493 e. The number of hydrogen-bond acceptors (Lipinski definition) is 5. The SMILES string of the molecule is CCn1cc(C2CC(=O)Nc3c2c(C)nn3Cc2ccc(OC)c(OC)c2)cn1. The van der Waals surface area contributed by atoms with E-state index in [0.717, 1.165) is 34.7 Å². The van der Waals surface area contributed by atoms with Crippen molar-refractivity contribution in [3.05, 3.63) is 53.0 Å². The van der Waals surface area contributed by atoms with Gasteiger partial charge in [0.1, 0.15) is 5.82 Å². The summed E-state index contributed by atoms with van der Waals surface area (Å²) in [5.74, 6) is 2.04. The van der Waals surface area contributed by atoms with E-state index in [9.17, 15) is 4.79 Å². The Morgan fingerprint density at radius 1 is 1.24 bits per heavy atom. The maximum atomic E-state index is 12.5. The molecule has 8 heteroatoms. The van der Waals surface area contributed by atoms with Gasteiger partial charge in [-0.2, -0.15) is 10.2 Å². The number of methoxy groups -OCH3 is 2. The highest BCUT2D eigenvalue weighted by Crippen LogP contribution is 2.39. The molecule has 0 bridgehead atoms. The van der Waals surface area contributed by atoms with Crippen LogP contribution in [0.25, 0.3) is 0 Å². The molecule has 0 fully saturated rings. The molecular weight excluding hydrogens is 370 g/mol. The number of nitrogens with zero attached hydrogens (tertiary/aromatic N) is 4. The number of rotatable bonds is 6. The Bertz CT molecular complexity index is 1050. The van der Waals surface area contributed by atoms with Gasteiger partial charge in [-0.15, -0.1) is 0 Å². The van der Waals surface area contributed by atoms with Crippen LogP contribution in [-0.4, -0.2) is 39.7 Å². The molecule has 4 rings (SSSR count). The Labute approximate surface area is 169 Å². The number of aryl methyl sites for hydroxylation is 2. The Kier molecular flexibility index (Phi) is 5.00. The van der Waals surface area contributed by atoms with E-state index in [2.05, 4.69) is 10.4 Å². The average Bonchev–Trinajstić information content (AvgIpc) is 3.32. The third-order valence-electron chi connectivity index (χ3n) is 5.33. The predicted octanol–water partition coefficient (Wildman–Crippen LogP) is 2.95. The predicted molar refractivity (Wildman–Crippen MR) is 109 cm³/mol. The molecule has 2 aromatic heterocycles. The molecule has 1 aromatic carbocycles. The smallest absolute Gasteiger partial charge is 0.226 e. The summed E-state index contributed by atoms with van der Waals surface area (Å²) in [6, 6.07) is 5.77. The van der Waals surface area contributed by atoms with Crippen molar-refractivity contribution in [1.29, 1.82) is 0 Å². The zero-order valence-corrected chi connectivity index (χ0v) is 17.1. The van der Waals surface area contributed by atoms with Gasteiger partial charge >= 0.3 is 0 Å². The van der Waals surface area contributed by atoms with E-state index in [-0.39, 0.29) is 11.8 Å².